The molecule has 8 nitrogen and oxygen atoms in total. The Labute approximate surface area is 181 Å². The van der Waals surface area contributed by atoms with Gasteiger partial charge in [0.25, 0.3) is 0 Å². The van der Waals surface area contributed by atoms with E-state index in [1.807, 2.05) is 0 Å². The van der Waals surface area contributed by atoms with Crippen LogP contribution in [-0.2, 0) is 14.1 Å². The number of phenols is 2. The summed E-state index contributed by atoms with van der Waals surface area (Å²) < 4.78 is 24.1. The molecule has 2 atom stereocenters. The Balaban J connectivity index is 2.32. The van der Waals surface area contributed by atoms with Gasteiger partial charge in [-0.15, -0.1) is 0 Å². The summed E-state index contributed by atoms with van der Waals surface area (Å²) in [4.78, 5) is 11.8. The number of nitrogens with one attached hydrogen (secondary N) is 1. The fraction of sp³-hybridized carbons (Fsp3) is 0.318. The van der Waals surface area contributed by atoms with Crippen molar-refractivity contribution in [1.29, 1.82) is 0 Å². The van der Waals surface area contributed by atoms with Gasteiger partial charge in [0.05, 0.1) is 0 Å². The number of benzene rings is 2. The van der Waals surface area contributed by atoms with Gasteiger partial charge in [-0.2, -0.15) is 0 Å². The summed E-state index contributed by atoms with van der Waals surface area (Å²) in [5.41, 5.74) is -0.131. The van der Waals surface area contributed by atoms with Gasteiger partial charge in [-0.3, -0.25) is 9.36 Å². The highest BCUT2D eigenvalue weighted by molar-refractivity contribution is 7.57. The third-order valence-corrected chi connectivity index (χ3v) is 6.74. The lowest BCUT2D eigenvalue weighted by atomic mass is 9.90. The molecule has 2 aromatic rings. The van der Waals surface area contributed by atoms with Crippen molar-refractivity contribution in [2.45, 2.75) is 26.3 Å². The average molecular weight is 449 g/mol. The van der Waals surface area contributed by atoms with Crippen LogP contribution in [0.25, 0.3) is 12.2 Å². The Kier molecular flexibility index (Phi) is 7.90. The summed E-state index contributed by atoms with van der Waals surface area (Å²) >= 11 is 0. The lowest BCUT2D eigenvalue weighted by molar-refractivity contribution is -0.145. The van der Waals surface area contributed by atoms with Crippen LogP contribution in [-0.4, -0.2) is 40.3 Å². The number of ether oxygens (including phenoxy) is 1. The molecule has 2 rings (SSSR count). The van der Waals surface area contributed by atoms with Crippen LogP contribution >= 0.6 is 7.52 Å². The van der Waals surface area contributed by atoms with Crippen LogP contribution in [0.1, 0.15) is 31.9 Å². The number of carboxylic acids is 1. The zero-order valence-corrected chi connectivity index (χ0v) is 18.8. The van der Waals surface area contributed by atoms with Gasteiger partial charge in [-0.05, 0) is 48.2 Å². The van der Waals surface area contributed by atoms with E-state index in [1.54, 1.807) is 56.3 Å². The molecule has 9 heteroatoms. The van der Waals surface area contributed by atoms with E-state index in [0.717, 1.165) is 5.56 Å². The Morgan fingerprint density at radius 1 is 1.10 bits per heavy atom. The minimum Gasteiger partial charge on any atom is -0.508 e. The van der Waals surface area contributed by atoms with Crippen LogP contribution in [0, 0.1) is 5.92 Å². The van der Waals surface area contributed by atoms with Crippen LogP contribution < -0.4 is 9.61 Å². The number of aliphatic carboxylic acids is 1. The van der Waals surface area contributed by atoms with Crippen molar-refractivity contribution in [1.82, 2.24) is 5.09 Å². The summed E-state index contributed by atoms with van der Waals surface area (Å²) in [6.45, 7) is 4.82. The molecule has 4 N–H and O–H groups in total. The third kappa shape index (κ3) is 6.59. The first kappa shape index (κ1) is 24.5. The van der Waals surface area contributed by atoms with E-state index in [9.17, 15) is 24.7 Å². The Morgan fingerprint density at radius 2 is 1.71 bits per heavy atom. The van der Waals surface area contributed by atoms with E-state index in [2.05, 4.69) is 5.09 Å². The molecule has 1 unspecified atom stereocenters. The topological polar surface area (TPSA) is 125 Å². The van der Waals surface area contributed by atoms with Crippen LogP contribution in [0.15, 0.2) is 42.5 Å². The Bertz CT molecular complexity index is 988. The first-order valence-electron chi connectivity index (χ1n) is 9.59. The molecule has 0 aliphatic heterocycles. The van der Waals surface area contributed by atoms with Gasteiger partial charge < -0.3 is 24.6 Å². The summed E-state index contributed by atoms with van der Waals surface area (Å²) in [5, 5.41) is 31.7. The number of rotatable bonds is 10. The van der Waals surface area contributed by atoms with Gasteiger partial charge in [0.1, 0.15) is 29.1 Å². The molecule has 2 aromatic carbocycles. The molecule has 0 saturated heterocycles. The molecule has 0 aromatic heterocycles. The van der Waals surface area contributed by atoms with Gasteiger partial charge in [0.15, 0.2) is 0 Å². The molecular weight excluding hydrogens is 421 g/mol. The van der Waals surface area contributed by atoms with E-state index in [0.29, 0.717) is 5.56 Å². The maximum absolute atomic E-state index is 13.4. The number of aromatic hydroxyl groups is 2. The molecular formula is C22H28NO7P. The van der Waals surface area contributed by atoms with Crippen molar-refractivity contribution in [3.05, 3.63) is 53.6 Å². The van der Waals surface area contributed by atoms with Crippen molar-refractivity contribution < 1.29 is 33.9 Å². The third-order valence-electron chi connectivity index (χ3n) is 4.83. The molecule has 0 aliphatic carbocycles. The van der Waals surface area contributed by atoms with Gasteiger partial charge >= 0.3 is 13.5 Å². The first-order valence-corrected chi connectivity index (χ1v) is 11.4. The number of hydrogen-bond donors (Lipinski definition) is 4. The summed E-state index contributed by atoms with van der Waals surface area (Å²) in [7, 11) is -2.48. The zero-order chi connectivity index (χ0) is 23.2. The quantitative estimate of drug-likeness (QED) is 0.308. The molecule has 0 fully saturated rings. The van der Waals surface area contributed by atoms with E-state index in [4.69, 9.17) is 9.26 Å². The largest absolute Gasteiger partial charge is 0.508 e. The smallest absolute Gasteiger partial charge is 0.342 e. The molecule has 0 bridgehead atoms. The predicted molar refractivity (Wildman–Crippen MR) is 119 cm³/mol. The maximum Gasteiger partial charge on any atom is 0.342 e. The molecule has 0 heterocycles. The van der Waals surface area contributed by atoms with E-state index in [1.165, 1.54) is 26.2 Å². The summed E-state index contributed by atoms with van der Waals surface area (Å²) in [5.74, 6) is -1.43. The summed E-state index contributed by atoms with van der Waals surface area (Å²) in [6.07, 6.45) is 3.12. The number of carboxylic acid groups (broad SMARTS) is 1. The highest BCUT2D eigenvalue weighted by Gasteiger charge is 2.43. The van der Waals surface area contributed by atoms with Crippen LogP contribution in [0.5, 0.6) is 17.2 Å². The maximum atomic E-state index is 13.4. The molecule has 168 valence electrons. The predicted octanol–water partition coefficient (Wildman–Crippen LogP) is 4.53. The molecule has 31 heavy (non-hydrogen) atoms. The standard InChI is InChI=1S/C22H28NO7P/c1-15(2)22(3,21(26)27)23-31(28,14-29-4)30-20-12-17(11-19(25)13-20)6-5-16-7-9-18(24)10-8-16/h5-13,15,24-25H,14H2,1-4H3,(H,23,28)(H,26,27)/b6-5+/t22-,31?/m0/s1. The second-order valence-electron chi connectivity index (χ2n) is 7.64. The highest BCUT2D eigenvalue weighted by Crippen LogP contribution is 2.47. The van der Waals surface area contributed by atoms with Crippen molar-refractivity contribution in [3.63, 3.8) is 0 Å². The van der Waals surface area contributed by atoms with Crippen molar-refractivity contribution in [2.24, 2.45) is 5.92 Å². The zero-order valence-electron chi connectivity index (χ0n) is 17.9. The van der Waals surface area contributed by atoms with Crippen LogP contribution in [0.3, 0.4) is 0 Å². The lowest BCUT2D eigenvalue weighted by Gasteiger charge is -2.34. The van der Waals surface area contributed by atoms with E-state index in [-0.39, 0.29) is 23.6 Å². The highest BCUT2D eigenvalue weighted by atomic mass is 31.2. The summed E-state index contributed by atoms with van der Waals surface area (Å²) in [6, 6.07) is 10.9. The Hall–Kier alpha value is -2.80. The monoisotopic (exact) mass is 449 g/mol. The van der Waals surface area contributed by atoms with Gasteiger partial charge in [0.2, 0.25) is 0 Å². The lowest BCUT2D eigenvalue weighted by Crippen LogP contribution is -2.52. The number of methoxy groups -OCH3 is 1. The first-order chi connectivity index (χ1) is 14.5. The van der Waals surface area contributed by atoms with Crippen molar-refractivity contribution >= 4 is 25.6 Å². The second-order valence-corrected chi connectivity index (χ2v) is 9.65. The van der Waals surface area contributed by atoms with Crippen LogP contribution in [0.4, 0.5) is 0 Å². The van der Waals surface area contributed by atoms with Crippen molar-refractivity contribution in [3.8, 4) is 17.2 Å². The molecule has 0 radical (unpaired) electrons. The number of phenolic OH excluding ortho intramolecular Hbond substituents is 2. The van der Waals surface area contributed by atoms with E-state index >= 15 is 0 Å². The van der Waals surface area contributed by atoms with Gasteiger partial charge in [-0.1, -0.05) is 38.1 Å². The molecule has 0 spiro atoms. The minimum absolute atomic E-state index is 0.0923. The van der Waals surface area contributed by atoms with Crippen molar-refractivity contribution in [2.75, 3.05) is 13.5 Å². The SMILES string of the molecule is COCP(=O)(N[C@](C)(C(=O)O)C(C)C)Oc1cc(O)cc(/C=C/c2ccc(O)cc2)c1. The van der Waals surface area contributed by atoms with Gasteiger partial charge in [-0.25, -0.2) is 5.09 Å². The average Bonchev–Trinajstić information content (AvgIpc) is 2.66. The fourth-order valence-corrected chi connectivity index (χ4v) is 4.74. The molecule has 0 saturated carbocycles. The fourth-order valence-electron chi connectivity index (χ4n) is 2.73. The van der Waals surface area contributed by atoms with Gasteiger partial charge in [0, 0.05) is 13.2 Å². The number of hydrogen-bond acceptors (Lipinski definition) is 6. The minimum atomic E-state index is -3.81. The molecule has 0 amide bonds. The molecule has 0 aliphatic rings. The van der Waals surface area contributed by atoms with Crippen LogP contribution in [0.2, 0.25) is 0 Å². The Morgan fingerprint density at radius 3 is 2.26 bits per heavy atom. The normalized spacial score (nSPS) is 15.5. The number of carbonyl (C=O) groups is 1. The van der Waals surface area contributed by atoms with E-state index < -0.39 is 24.9 Å². The second kappa shape index (κ2) is 10.0.